The van der Waals surface area contributed by atoms with Gasteiger partial charge in [0.2, 0.25) is 0 Å². The minimum atomic E-state index is -0.281. The third kappa shape index (κ3) is 3.30. The summed E-state index contributed by atoms with van der Waals surface area (Å²) in [5, 5.41) is 16.9. The summed E-state index contributed by atoms with van der Waals surface area (Å²) < 4.78 is 1.91. The van der Waals surface area contributed by atoms with Crippen LogP contribution in [0.2, 0.25) is 0 Å². The third-order valence-corrected chi connectivity index (χ3v) is 4.29. The van der Waals surface area contributed by atoms with E-state index in [9.17, 15) is 0 Å². The molecule has 1 aromatic heterocycles. The Balaban J connectivity index is 2.41. The Kier molecular flexibility index (Phi) is 4.34. The lowest BCUT2D eigenvalue weighted by molar-refractivity contribution is 0.220. The maximum atomic E-state index is 9.01. The average Bonchev–Trinajstić information content (AvgIpc) is 2.48. The van der Waals surface area contributed by atoms with Gasteiger partial charge in [-0.15, -0.1) is 10.2 Å². The SMILES string of the molecule is CSc1nnc(SC[C@H](C)O)s1. The standard InChI is InChI=1S/C6H10N2OS3/c1-4(9)3-11-6-8-7-5(10-2)12-6/h4,9H,3H2,1-2H3/t4-/m0/s1. The van der Waals surface area contributed by atoms with Crippen LogP contribution in [0.3, 0.4) is 0 Å². The van der Waals surface area contributed by atoms with Crippen molar-refractivity contribution in [3.63, 3.8) is 0 Å². The second-order valence-electron chi connectivity index (χ2n) is 2.20. The molecule has 0 aromatic carbocycles. The van der Waals surface area contributed by atoms with Crippen molar-refractivity contribution in [3.8, 4) is 0 Å². The van der Waals surface area contributed by atoms with E-state index in [1.807, 2.05) is 6.26 Å². The summed E-state index contributed by atoms with van der Waals surface area (Å²) in [4.78, 5) is 0. The summed E-state index contributed by atoms with van der Waals surface area (Å²) in [7, 11) is 0. The zero-order valence-electron chi connectivity index (χ0n) is 6.85. The van der Waals surface area contributed by atoms with Crippen LogP contribution in [-0.2, 0) is 0 Å². The van der Waals surface area contributed by atoms with Gasteiger partial charge < -0.3 is 5.11 Å². The highest BCUT2D eigenvalue weighted by Gasteiger charge is 2.04. The molecule has 0 unspecified atom stereocenters. The van der Waals surface area contributed by atoms with Crippen molar-refractivity contribution in [2.45, 2.75) is 21.7 Å². The van der Waals surface area contributed by atoms with E-state index in [4.69, 9.17) is 5.11 Å². The molecule has 0 aliphatic carbocycles. The predicted molar refractivity (Wildman–Crippen MR) is 54.1 cm³/mol. The number of aliphatic hydroxyl groups is 1. The van der Waals surface area contributed by atoms with Gasteiger partial charge in [-0.1, -0.05) is 34.9 Å². The minimum Gasteiger partial charge on any atom is -0.393 e. The normalized spacial score (nSPS) is 13.2. The van der Waals surface area contributed by atoms with Gasteiger partial charge in [-0.2, -0.15) is 0 Å². The van der Waals surface area contributed by atoms with E-state index in [0.717, 1.165) is 8.68 Å². The molecule has 0 spiro atoms. The third-order valence-electron chi connectivity index (χ3n) is 1.01. The van der Waals surface area contributed by atoms with Crippen molar-refractivity contribution in [3.05, 3.63) is 0 Å². The molecule has 1 aromatic rings. The van der Waals surface area contributed by atoms with Crippen LogP contribution >= 0.6 is 34.9 Å². The van der Waals surface area contributed by atoms with E-state index in [-0.39, 0.29) is 6.10 Å². The fraction of sp³-hybridized carbons (Fsp3) is 0.667. The number of aliphatic hydroxyl groups excluding tert-OH is 1. The van der Waals surface area contributed by atoms with Crippen LogP contribution in [0.5, 0.6) is 0 Å². The molecule has 3 nitrogen and oxygen atoms in total. The molecule has 0 amide bonds. The lowest BCUT2D eigenvalue weighted by Gasteiger charge is -1.98. The van der Waals surface area contributed by atoms with Crippen molar-refractivity contribution < 1.29 is 5.11 Å². The highest BCUT2D eigenvalue weighted by atomic mass is 32.2. The number of hydrogen-bond donors (Lipinski definition) is 1. The van der Waals surface area contributed by atoms with Gasteiger partial charge >= 0.3 is 0 Å². The van der Waals surface area contributed by atoms with E-state index in [1.165, 1.54) is 0 Å². The molecule has 12 heavy (non-hydrogen) atoms. The fourth-order valence-corrected chi connectivity index (χ4v) is 2.85. The smallest absolute Gasteiger partial charge is 0.175 e. The van der Waals surface area contributed by atoms with Gasteiger partial charge in [0, 0.05) is 5.75 Å². The number of hydrogen-bond acceptors (Lipinski definition) is 6. The monoisotopic (exact) mass is 222 g/mol. The maximum Gasteiger partial charge on any atom is 0.175 e. The Morgan fingerprint density at radius 2 is 2.17 bits per heavy atom. The molecule has 0 bridgehead atoms. The summed E-state index contributed by atoms with van der Waals surface area (Å²) >= 11 is 4.71. The van der Waals surface area contributed by atoms with Gasteiger partial charge in [0.05, 0.1) is 6.10 Å². The van der Waals surface area contributed by atoms with Crippen molar-refractivity contribution >= 4 is 34.9 Å². The lowest BCUT2D eigenvalue weighted by atomic mass is 10.5. The second-order valence-corrected chi connectivity index (χ2v) is 5.50. The summed E-state index contributed by atoms with van der Waals surface area (Å²) in [6.07, 6.45) is 1.69. The van der Waals surface area contributed by atoms with E-state index >= 15 is 0 Å². The molecule has 1 atom stereocenters. The van der Waals surface area contributed by atoms with E-state index < -0.39 is 0 Å². The molecule has 0 saturated heterocycles. The second kappa shape index (κ2) is 5.06. The molecule has 0 radical (unpaired) electrons. The predicted octanol–water partition coefficient (Wildman–Crippen LogP) is 1.73. The van der Waals surface area contributed by atoms with Gasteiger partial charge in [0.15, 0.2) is 8.68 Å². The van der Waals surface area contributed by atoms with Crippen molar-refractivity contribution in [2.75, 3.05) is 12.0 Å². The average molecular weight is 222 g/mol. The maximum absolute atomic E-state index is 9.01. The molecule has 68 valence electrons. The van der Waals surface area contributed by atoms with E-state index in [2.05, 4.69) is 10.2 Å². The topological polar surface area (TPSA) is 46.0 Å². The highest BCUT2D eigenvalue weighted by molar-refractivity contribution is 8.02. The first-order chi connectivity index (χ1) is 5.72. The first-order valence-corrected chi connectivity index (χ1v) is 6.43. The van der Waals surface area contributed by atoms with E-state index in [0.29, 0.717) is 5.75 Å². The summed E-state index contributed by atoms with van der Waals surface area (Å²) in [5.74, 6) is 0.684. The van der Waals surface area contributed by atoms with Crippen molar-refractivity contribution in [1.82, 2.24) is 10.2 Å². The molecule has 0 saturated carbocycles. The van der Waals surface area contributed by atoms with Crippen molar-refractivity contribution in [1.29, 1.82) is 0 Å². The van der Waals surface area contributed by atoms with Crippen LogP contribution in [0.1, 0.15) is 6.92 Å². The molecule has 1 N–H and O–H groups in total. The minimum absolute atomic E-state index is 0.281. The van der Waals surface area contributed by atoms with Crippen LogP contribution < -0.4 is 0 Å². The quantitative estimate of drug-likeness (QED) is 0.786. The molecule has 0 aliphatic heterocycles. The van der Waals surface area contributed by atoms with Gasteiger partial charge in [0.25, 0.3) is 0 Å². The summed E-state index contributed by atoms with van der Waals surface area (Å²) in [6.45, 7) is 1.77. The van der Waals surface area contributed by atoms with Crippen molar-refractivity contribution in [2.24, 2.45) is 0 Å². The molecule has 6 heteroatoms. The first kappa shape index (κ1) is 10.3. The lowest BCUT2D eigenvalue weighted by Crippen LogP contribution is -2.01. The van der Waals surface area contributed by atoms with Gasteiger partial charge in [-0.25, -0.2) is 0 Å². The Hall–Kier alpha value is 0.220. The number of nitrogens with zero attached hydrogens (tertiary/aromatic N) is 2. The summed E-state index contributed by atoms with van der Waals surface area (Å²) in [6, 6.07) is 0. The van der Waals surface area contributed by atoms with Crippen LogP contribution in [0, 0.1) is 0 Å². The Labute approximate surface area is 84.0 Å². The van der Waals surface area contributed by atoms with Crippen LogP contribution in [-0.4, -0.2) is 33.4 Å². The molecule has 1 heterocycles. The van der Waals surface area contributed by atoms with Crippen LogP contribution in [0.15, 0.2) is 8.68 Å². The van der Waals surface area contributed by atoms with Gasteiger partial charge in [-0.05, 0) is 13.2 Å². The summed E-state index contributed by atoms with van der Waals surface area (Å²) in [5.41, 5.74) is 0. The first-order valence-electron chi connectivity index (χ1n) is 3.40. The number of thioether (sulfide) groups is 2. The zero-order valence-corrected chi connectivity index (χ0v) is 9.30. The molecule has 1 rings (SSSR count). The van der Waals surface area contributed by atoms with Gasteiger partial charge in [-0.3, -0.25) is 0 Å². The van der Waals surface area contributed by atoms with Crippen LogP contribution in [0.4, 0.5) is 0 Å². The zero-order chi connectivity index (χ0) is 8.97. The Morgan fingerprint density at radius 1 is 1.50 bits per heavy atom. The van der Waals surface area contributed by atoms with Gasteiger partial charge in [0.1, 0.15) is 0 Å². The largest absolute Gasteiger partial charge is 0.393 e. The Morgan fingerprint density at radius 3 is 2.67 bits per heavy atom. The molecule has 0 fully saturated rings. The Bertz CT molecular complexity index is 238. The van der Waals surface area contributed by atoms with Crippen LogP contribution in [0.25, 0.3) is 0 Å². The molecule has 0 aliphatic rings. The molecular formula is C6H10N2OS3. The highest BCUT2D eigenvalue weighted by Crippen LogP contribution is 2.27. The van der Waals surface area contributed by atoms with E-state index in [1.54, 1.807) is 41.8 Å². The number of rotatable bonds is 4. The fourth-order valence-electron chi connectivity index (χ4n) is 0.530. The number of aromatic nitrogens is 2. The molecular weight excluding hydrogens is 212 g/mol.